The fourth-order valence-electron chi connectivity index (χ4n) is 2.01. The van der Waals surface area contributed by atoms with E-state index in [0.717, 1.165) is 27.1 Å². The van der Waals surface area contributed by atoms with Crippen molar-refractivity contribution in [3.05, 3.63) is 12.2 Å². The summed E-state index contributed by atoms with van der Waals surface area (Å²) in [5.74, 6) is 1.98. The molecule has 2 bridgehead atoms. The summed E-state index contributed by atoms with van der Waals surface area (Å²) in [4.78, 5) is 0. The van der Waals surface area contributed by atoms with Crippen LogP contribution in [0.1, 0.15) is 33.1 Å². The maximum Gasteiger partial charge on any atom is -1.00 e. The summed E-state index contributed by atoms with van der Waals surface area (Å²) in [6.45, 7) is 4.50. The first kappa shape index (κ1) is 13.6. The third-order valence-corrected chi connectivity index (χ3v) is 3.90. The minimum Gasteiger partial charge on any atom is -1.00 e. The molecule has 0 amide bonds. The van der Waals surface area contributed by atoms with Crippen molar-refractivity contribution >= 4 is 15.2 Å². The molecule has 0 heterocycles. The predicted molar refractivity (Wildman–Crippen MR) is 56.7 cm³/mol. The molecule has 0 nitrogen and oxygen atoms in total. The van der Waals surface area contributed by atoms with E-state index >= 15 is 0 Å². The summed E-state index contributed by atoms with van der Waals surface area (Å²) >= 11 is 0.815. The number of allylic oxidation sites excluding steroid dienone is 2. The van der Waals surface area contributed by atoms with Gasteiger partial charge in [-0.15, -0.1) is 0 Å². The third kappa shape index (κ3) is 5.11. The molecule has 0 aromatic rings. The summed E-state index contributed by atoms with van der Waals surface area (Å²) in [5.41, 5.74) is 0. The maximum absolute atomic E-state index is 2.38. The zero-order valence-corrected chi connectivity index (χ0v) is 10.7. The largest absolute Gasteiger partial charge is 1.00 e. The first-order chi connectivity index (χ1) is 5.86. The number of rotatable bonds is 2. The van der Waals surface area contributed by atoms with Gasteiger partial charge >= 0.3 is 39.6 Å². The first-order valence-corrected chi connectivity index (χ1v) is 7.00. The molecule has 2 rings (SSSR count). The second-order valence-electron chi connectivity index (χ2n) is 3.82. The van der Waals surface area contributed by atoms with Crippen molar-refractivity contribution in [2.75, 3.05) is 0 Å². The van der Waals surface area contributed by atoms with E-state index in [9.17, 15) is 0 Å². The number of hydrogen-bond donors (Lipinski definition) is 0. The molecule has 1 fully saturated rings. The summed E-state index contributed by atoms with van der Waals surface area (Å²) in [5, 5.41) is 2.85. The van der Waals surface area contributed by atoms with Crippen molar-refractivity contribution in [2.24, 2.45) is 11.8 Å². The molecule has 0 aliphatic heterocycles. The van der Waals surface area contributed by atoms with Crippen LogP contribution in [0.4, 0.5) is 0 Å². The minimum atomic E-state index is 0. The van der Waals surface area contributed by atoms with E-state index in [-0.39, 0.29) is 12.4 Å². The fraction of sp³-hybridized carbons (Fsp3) is 0.818. The number of halogens is 1. The Bertz CT molecular complexity index is 131. The average Bonchev–Trinajstić information content (AvgIpc) is 2.69. The second kappa shape index (κ2) is 7.92. The summed E-state index contributed by atoms with van der Waals surface area (Å²) < 4.78 is 0. The Hall–Kier alpha value is 0.562. The van der Waals surface area contributed by atoms with Crippen LogP contribution >= 0.6 is 0 Å². The van der Waals surface area contributed by atoms with Crippen LogP contribution in [0.5, 0.6) is 0 Å². The molecule has 2 aliphatic rings. The molecule has 0 radical (unpaired) electrons. The molecule has 0 N–H and O–H groups in total. The molecule has 2 heteroatoms. The monoisotopic (exact) mass is 214 g/mol. The standard InChI is InChI=1S/C7H10.2C2H5.Al.ClH/c1-2-7-4-3-6(1)5-7;2*1-2;;/h1-2,6-7H,3-5H2;2*1H2,2H3;;1H/q;;;+1;/p-1. The number of hydrogen-bond acceptors (Lipinski definition) is 0. The van der Waals surface area contributed by atoms with Gasteiger partial charge in [0.25, 0.3) is 0 Å². The van der Waals surface area contributed by atoms with Crippen LogP contribution in [0.25, 0.3) is 0 Å². The Morgan fingerprint density at radius 2 is 1.54 bits per heavy atom. The molecule has 74 valence electrons. The molecule has 0 aromatic carbocycles. The van der Waals surface area contributed by atoms with E-state index < -0.39 is 0 Å². The molecule has 2 atom stereocenters. The van der Waals surface area contributed by atoms with Gasteiger partial charge in [0.2, 0.25) is 0 Å². The maximum atomic E-state index is 2.38. The SMILES string of the molecule is C1=CC2CCC1C2.C[CH2][Al+][CH2]C.[Cl-]. The van der Waals surface area contributed by atoms with E-state index in [1.807, 2.05) is 0 Å². The zero-order chi connectivity index (χ0) is 8.81. The first-order valence-electron chi connectivity index (χ1n) is 5.36. The topological polar surface area (TPSA) is 0 Å². The van der Waals surface area contributed by atoms with Crippen molar-refractivity contribution in [1.82, 2.24) is 0 Å². The third-order valence-electron chi connectivity index (χ3n) is 2.75. The van der Waals surface area contributed by atoms with Crippen LogP contribution < -0.4 is 12.4 Å². The fourth-order valence-corrected chi connectivity index (χ4v) is 2.58. The van der Waals surface area contributed by atoms with Gasteiger partial charge in [-0.25, -0.2) is 0 Å². The average molecular weight is 215 g/mol. The van der Waals surface area contributed by atoms with Gasteiger partial charge in [0.05, 0.1) is 0 Å². The Morgan fingerprint density at radius 1 is 1.08 bits per heavy atom. The smallest absolute Gasteiger partial charge is 1.00 e. The molecule has 2 aliphatic carbocycles. The van der Waals surface area contributed by atoms with Crippen LogP contribution in [0.15, 0.2) is 12.2 Å². The number of fused-ring (bicyclic) bond motifs is 2. The van der Waals surface area contributed by atoms with Crippen LogP contribution in [0.2, 0.25) is 10.6 Å². The van der Waals surface area contributed by atoms with Crippen molar-refractivity contribution < 1.29 is 12.4 Å². The van der Waals surface area contributed by atoms with Crippen LogP contribution in [0.3, 0.4) is 0 Å². The van der Waals surface area contributed by atoms with Gasteiger partial charge < -0.3 is 12.4 Å². The van der Waals surface area contributed by atoms with Gasteiger partial charge in [-0.2, -0.15) is 0 Å². The molecule has 0 aromatic heterocycles. The van der Waals surface area contributed by atoms with E-state index in [4.69, 9.17) is 0 Å². The van der Waals surface area contributed by atoms with E-state index in [1.54, 1.807) is 0 Å². The minimum absolute atomic E-state index is 0. The van der Waals surface area contributed by atoms with E-state index in [0.29, 0.717) is 0 Å². The van der Waals surface area contributed by atoms with Crippen LogP contribution in [-0.4, -0.2) is 15.2 Å². The molecular formula is C11H20AlCl. The van der Waals surface area contributed by atoms with Crippen molar-refractivity contribution in [3.8, 4) is 0 Å². The molecular weight excluding hydrogens is 195 g/mol. The summed E-state index contributed by atoms with van der Waals surface area (Å²) in [6, 6.07) is 0. The van der Waals surface area contributed by atoms with Crippen LogP contribution in [-0.2, 0) is 0 Å². The van der Waals surface area contributed by atoms with Gasteiger partial charge in [-0.1, -0.05) is 12.2 Å². The summed E-state index contributed by atoms with van der Waals surface area (Å²) in [7, 11) is 0. The van der Waals surface area contributed by atoms with Gasteiger partial charge in [-0.05, 0) is 31.1 Å². The van der Waals surface area contributed by atoms with Gasteiger partial charge in [-0.3, -0.25) is 0 Å². The Kier molecular flexibility index (Phi) is 8.26. The normalized spacial score (nSPS) is 27.2. The summed E-state index contributed by atoms with van der Waals surface area (Å²) in [6.07, 6.45) is 9.19. The molecule has 0 spiro atoms. The quantitative estimate of drug-likeness (QED) is 0.465. The Balaban J connectivity index is 0.000000220. The van der Waals surface area contributed by atoms with Crippen molar-refractivity contribution in [2.45, 2.75) is 43.7 Å². The second-order valence-corrected chi connectivity index (χ2v) is 6.03. The van der Waals surface area contributed by atoms with Crippen molar-refractivity contribution in [1.29, 1.82) is 0 Å². The van der Waals surface area contributed by atoms with Gasteiger partial charge in [0.15, 0.2) is 0 Å². The Morgan fingerprint density at radius 3 is 1.62 bits per heavy atom. The molecule has 0 saturated heterocycles. The van der Waals surface area contributed by atoms with Gasteiger partial charge in [0.1, 0.15) is 0 Å². The molecule has 2 unspecified atom stereocenters. The molecule has 13 heavy (non-hydrogen) atoms. The zero-order valence-electron chi connectivity index (χ0n) is 8.80. The molecule has 1 saturated carbocycles. The van der Waals surface area contributed by atoms with Gasteiger partial charge in [0, 0.05) is 0 Å². The van der Waals surface area contributed by atoms with Crippen LogP contribution in [0, 0.1) is 11.8 Å². The predicted octanol–water partition coefficient (Wildman–Crippen LogP) is 0.543. The van der Waals surface area contributed by atoms with E-state index in [1.165, 1.54) is 29.8 Å². The van der Waals surface area contributed by atoms with E-state index in [2.05, 4.69) is 26.0 Å². The Labute approximate surface area is 95.3 Å². The van der Waals surface area contributed by atoms with Crippen molar-refractivity contribution in [3.63, 3.8) is 0 Å².